The molecule has 0 aromatic heterocycles. The molecule has 0 saturated carbocycles. The van der Waals surface area contributed by atoms with Crippen LogP contribution in [0.2, 0.25) is 0 Å². The van der Waals surface area contributed by atoms with E-state index in [2.05, 4.69) is 6.58 Å². The fourth-order valence-electron chi connectivity index (χ4n) is 3.49. The third kappa shape index (κ3) is 5.21. The summed E-state index contributed by atoms with van der Waals surface area (Å²) in [5, 5.41) is 0. The second kappa shape index (κ2) is 9.04. The Morgan fingerprint density at radius 2 is 1.79 bits per heavy atom. The van der Waals surface area contributed by atoms with E-state index in [1.54, 1.807) is 19.9 Å². The highest BCUT2D eigenvalue weighted by Gasteiger charge is 2.44. The maximum absolute atomic E-state index is 12.4. The monoisotopic (exact) mass is 388 g/mol. The lowest BCUT2D eigenvalue weighted by atomic mass is 9.85. The van der Waals surface area contributed by atoms with Gasteiger partial charge in [-0.3, -0.25) is 4.79 Å². The highest BCUT2D eigenvalue weighted by atomic mass is 16.6. The van der Waals surface area contributed by atoms with Gasteiger partial charge < -0.3 is 14.2 Å². The first kappa shape index (κ1) is 21.7. The molecule has 6 nitrogen and oxygen atoms in total. The van der Waals surface area contributed by atoms with Gasteiger partial charge in [-0.25, -0.2) is 9.59 Å². The number of rotatable bonds is 3. The van der Waals surface area contributed by atoms with Gasteiger partial charge in [-0.15, -0.1) is 0 Å². The molecular weight excluding hydrogens is 360 g/mol. The Kier molecular flexibility index (Phi) is 7.00. The quantitative estimate of drug-likeness (QED) is 0.318. The molecule has 0 spiro atoms. The summed E-state index contributed by atoms with van der Waals surface area (Å²) in [5.41, 5.74) is 2.58. The summed E-state index contributed by atoms with van der Waals surface area (Å²) in [6, 6.07) is 0. The Labute approximate surface area is 165 Å². The number of hydrogen-bond donors (Lipinski definition) is 0. The van der Waals surface area contributed by atoms with Crippen LogP contribution in [-0.4, -0.2) is 36.2 Å². The van der Waals surface area contributed by atoms with Gasteiger partial charge in [-0.05, 0) is 39.8 Å². The van der Waals surface area contributed by atoms with E-state index in [1.165, 1.54) is 6.92 Å². The van der Waals surface area contributed by atoms with Crippen LogP contribution in [-0.2, 0) is 28.6 Å². The van der Waals surface area contributed by atoms with Crippen LogP contribution in [0.4, 0.5) is 0 Å². The number of carbonyl (C=O) groups is 3. The summed E-state index contributed by atoms with van der Waals surface area (Å²) < 4.78 is 16.6. The Hall–Kier alpha value is -2.63. The van der Waals surface area contributed by atoms with Crippen molar-refractivity contribution in [3.8, 4) is 0 Å². The molecule has 0 N–H and O–H groups in total. The molecule has 28 heavy (non-hydrogen) atoms. The van der Waals surface area contributed by atoms with Crippen molar-refractivity contribution in [3.05, 3.63) is 47.1 Å². The van der Waals surface area contributed by atoms with Crippen molar-refractivity contribution in [1.82, 2.24) is 0 Å². The molecule has 1 fully saturated rings. The van der Waals surface area contributed by atoms with Gasteiger partial charge in [-0.1, -0.05) is 23.8 Å². The largest absolute Gasteiger partial charge is 0.458 e. The molecule has 1 aliphatic heterocycles. The van der Waals surface area contributed by atoms with Crippen molar-refractivity contribution in [2.45, 2.75) is 65.8 Å². The van der Waals surface area contributed by atoms with Crippen molar-refractivity contribution in [3.63, 3.8) is 0 Å². The number of hydrogen-bond acceptors (Lipinski definition) is 6. The topological polar surface area (TPSA) is 78.9 Å². The molecule has 0 bridgehead atoms. The van der Waals surface area contributed by atoms with Crippen LogP contribution in [0.15, 0.2) is 47.1 Å². The van der Waals surface area contributed by atoms with Crippen LogP contribution in [0, 0.1) is 5.92 Å². The van der Waals surface area contributed by atoms with Gasteiger partial charge in [0.15, 0.2) is 0 Å². The van der Waals surface area contributed by atoms with Crippen LogP contribution >= 0.6 is 0 Å². The molecule has 1 aliphatic carbocycles. The molecular formula is C22H28O6. The third-order valence-electron chi connectivity index (χ3n) is 4.96. The molecule has 1 heterocycles. The van der Waals surface area contributed by atoms with Crippen LogP contribution < -0.4 is 0 Å². The normalized spacial score (nSPS) is 28.5. The van der Waals surface area contributed by atoms with E-state index >= 15 is 0 Å². The molecule has 152 valence electrons. The van der Waals surface area contributed by atoms with Gasteiger partial charge in [0.2, 0.25) is 0 Å². The number of esters is 3. The summed E-state index contributed by atoms with van der Waals surface area (Å²) in [5.74, 6) is -1.77. The smallest absolute Gasteiger partial charge is 0.334 e. The summed E-state index contributed by atoms with van der Waals surface area (Å²) in [7, 11) is 0. The van der Waals surface area contributed by atoms with Crippen molar-refractivity contribution in [2.75, 3.05) is 0 Å². The Bertz CT molecular complexity index is 770. The van der Waals surface area contributed by atoms with Gasteiger partial charge in [0.1, 0.15) is 18.3 Å². The first-order valence-corrected chi connectivity index (χ1v) is 9.37. The molecule has 2 aliphatic rings. The van der Waals surface area contributed by atoms with E-state index in [0.717, 1.165) is 11.1 Å². The maximum atomic E-state index is 12.4. The van der Waals surface area contributed by atoms with E-state index < -0.39 is 36.2 Å². The van der Waals surface area contributed by atoms with Gasteiger partial charge in [0.25, 0.3) is 0 Å². The van der Waals surface area contributed by atoms with Gasteiger partial charge in [0.05, 0.1) is 5.92 Å². The molecule has 2 rings (SSSR count). The van der Waals surface area contributed by atoms with Crippen LogP contribution in [0.3, 0.4) is 0 Å². The Balaban J connectivity index is 2.44. The Morgan fingerprint density at radius 3 is 2.39 bits per heavy atom. The highest BCUT2D eigenvalue weighted by molar-refractivity contribution is 5.92. The fourth-order valence-corrected chi connectivity index (χ4v) is 3.49. The predicted octanol–water partition coefficient (Wildman–Crippen LogP) is 3.58. The average molecular weight is 388 g/mol. The van der Waals surface area contributed by atoms with Crippen LogP contribution in [0.5, 0.6) is 0 Å². The van der Waals surface area contributed by atoms with Crippen LogP contribution in [0.1, 0.15) is 47.5 Å². The molecule has 0 aromatic rings. The minimum absolute atomic E-state index is 0.301. The molecule has 0 radical (unpaired) electrons. The van der Waals surface area contributed by atoms with Gasteiger partial charge in [0, 0.05) is 30.9 Å². The SMILES string of the molecule is C=C1C(=O)OC2C=C(C)CC(OC(C)=O)C=C(C)CC(OC(=O)C(C)=CC)C12. The zero-order chi connectivity index (χ0) is 21.0. The lowest BCUT2D eigenvalue weighted by molar-refractivity contribution is -0.147. The van der Waals surface area contributed by atoms with Crippen molar-refractivity contribution >= 4 is 17.9 Å². The van der Waals surface area contributed by atoms with Gasteiger partial charge >= 0.3 is 17.9 Å². The number of ether oxygens (including phenoxy) is 3. The predicted molar refractivity (Wildman–Crippen MR) is 104 cm³/mol. The van der Waals surface area contributed by atoms with Crippen LogP contribution in [0.25, 0.3) is 0 Å². The van der Waals surface area contributed by atoms with Crippen molar-refractivity contribution in [2.24, 2.45) is 5.92 Å². The van der Waals surface area contributed by atoms with Crippen molar-refractivity contribution < 1.29 is 28.6 Å². The van der Waals surface area contributed by atoms with E-state index in [0.29, 0.717) is 24.0 Å². The molecule has 0 aromatic carbocycles. The first-order chi connectivity index (χ1) is 13.1. The molecule has 0 amide bonds. The van der Waals surface area contributed by atoms with E-state index in [-0.39, 0.29) is 5.97 Å². The van der Waals surface area contributed by atoms with Crippen molar-refractivity contribution in [1.29, 1.82) is 0 Å². The van der Waals surface area contributed by atoms with Gasteiger partial charge in [-0.2, -0.15) is 0 Å². The summed E-state index contributed by atoms with van der Waals surface area (Å²) in [6.45, 7) is 12.4. The standard InChI is InChI=1S/C22H28O6/c1-7-14(4)21(24)27-18-10-12(2)8-17(26-16(6)23)9-13(3)11-19-20(18)15(5)22(25)28-19/h7-8,11,17-20H,5,9-10H2,1-4,6H3. The summed E-state index contributed by atoms with van der Waals surface area (Å²) in [4.78, 5) is 36.0. The molecule has 6 heteroatoms. The molecule has 1 saturated heterocycles. The summed E-state index contributed by atoms with van der Waals surface area (Å²) >= 11 is 0. The average Bonchev–Trinajstić information content (AvgIpc) is 2.85. The second-order valence-electron chi connectivity index (χ2n) is 7.42. The maximum Gasteiger partial charge on any atom is 0.334 e. The Morgan fingerprint density at radius 1 is 1.14 bits per heavy atom. The van der Waals surface area contributed by atoms with E-state index in [9.17, 15) is 14.4 Å². The number of fused-ring (bicyclic) bond motifs is 1. The molecule has 4 atom stereocenters. The lowest BCUT2D eigenvalue weighted by Gasteiger charge is -2.28. The second-order valence-corrected chi connectivity index (χ2v) is 7.42. The first-order valence-electron chi connectivity index (χ1n) is 9.37. The lowest BCUT2D eigenvalue weighted by Crippen LogP contribution is -2.34. The summed E-state index contributed by atoms with van der Waals surface area (Å²) in [6.07, 6.45) is 4.61. The minimum atomic E-state index is -0.622. The zero-order valence-electron chi connectivity index (χ0n) is 17.1. The molecule has 4 unspecified atom stereocenters. The van der Waals surface area contributed by atoms with E-state index in [1.807, 2.05) is 26.0 Å². The zero-order valence-corrected chi connectivity index (χ0v) is 17.1. The minimum Gasteiger partial charge on any atom is -0.458 e. The van der Waals surface area contributed by atoms with E-state index in [4.69, 9.17) is 14.2 Å². The number of carbonyl (C=O) groups excluding carboxylic acids is 3. The number of allylic oxidation sites excluding steroid dienone is 1. The fraction of sp³-hybridized carbons (Fsp3) is 0.500. The third-order valence-corrected chi connectivity index (χ3v) is 4.96. The highest BCUT2D eigenvalue weighted by Crippen LogP contribution is 2.36.